The first-order chi connectivity index (χ1) is 11.4. The summed E-state index contributed by atoms with van der Waals surface area (Å²) in [5, 5.41) is 11.6. The highest BCUT2D eigenvalue weighted by atomic mass is 19.1. The molecule has 24 heavy (non-hydrogen) atoms. The van der Waals surface area contributed by atoms with Crippen molar-refractivity contribution in [2.45, 2.75) is 26.4 Å². The van der Waals surface area contributed by atoms with E-state index in [-0.39, 0.29) is 5.92 Å². The molecule has 1 atom stereocenters. The van der Waals surface area contributed by atoms with Crippen LogP contribution in [0.4, 0.5) is 8.78 Å². The average Bonchev–Trinajstić information content (AvgIpc) is 2.58. The monoisotopic (exact) mass is 333 g/mol. The van der Waals surface area contributed by atoms with Gasteiger partial charge in [0.05, 0.1) is 0 Å². The van der Waals surface area contributed by atoms with E-state index in [2.05, 4.69) is 18.7 Å². The van der Waals surface area contributed by atoms with Crippen molar-refractivity contribution in [3.8, 4) is 0 Å². The van der Waals surface area contributed by atoms with Crippen molar-refractivity contribution < 1.29 is 13.9 Å². The van der Waals surface area contributed by atoms with Gasteiger partial charge in [-0.2, -0.15) is 0 Å². The molecule has 1 N–H and O–H groups in total. The van der Waals surface area contributed by atoms with Gasteiger partial charge in [-0.3, -0.25) is 0 Å². The van der Waals surface area contributed by atoms with Crippen LogP contribution in [0.15, 0.2) is 48.5 Å². The maximum absolute atomic E-state index is 13.8. The predicted octanol–water partition coefficient (Wildman–Crippen LogP) is 4.18. The first-order valence-electron chi connectivity index (χ1n) is 8.38. The zero-order valence-electron chi connectivity index (χ0n) is 14.5. The van der Waals surface area contributed by atoms with Gasteiger partial charge in [0.2, 0.25) is 0 Å². The number of rotatable bonds is 7. The zero-order valence-corrected chi connectivity index (χ0v) is 14.5. The molecule has 2 aromatic rings. The summed E-state index contributed by atoms with van der Waals surface area (Å²) in [5.74, 6) is -1.09. The van der Waals surface area contributed by atoms with Gasteiger partial charge in [0, 0.05) is 12.5 Å². The second-order valence-electron chi connectivity index (χ2n) is 6.17. The summed E-state index contributed by atoms with van der Waals surface area (Å²) in [6.07, 6.45) is 0. The van der Waals surface area contributed by atoms with E-state index in [0.29, 0.717) is 17.7 Å². The molecular formula is C20H25F2NO. The highest BCUT2D eigenvalue weighted by molar-refractivity contribution is 5.37. The van der Waals surface area contributed by atoms with Crippen LogP contribution in [0.3, 0.4) is 0 Å². The lowest BCUT2D eigenvalue weighted by molar-refractivity contribution is 0.00823. The molecule has 0 spiro atoms. The second-order valence-corrected chi connectivity index (χ2v) is 6.17. The number of hydrogen-bond donors (Lipinski definition) is 1. The van der Waals surface area contributed by atoms with Crippen molar-refractivity contribution in [1.29, 1.82) is 0 Å². The minimum atomic E-state index is -1.47. The molecule has 0 amide bonds. The van der Waals surface area contributed by atoms with E-state index in [0.717, 1.165) is 13.1 Å². The van der Waals surface area contributed by atoms with E-state index in [1.165, 1.54) is 24.3 Å². The van der Waals surface area contributed by atoms with E-state index in [9.17, 15) is 13.9 Å². The van der Waals surface area contributed by atoms with Crippen LogP contribution in [-0.2, 0) is 5.60 Å². The standard InChI is InChI=1S/C20H25F2NO/c1-4-23(5-2)14-15(3)20(24,16-8-6-10-18(21)12-16)17-9-7-11-19(22)13-17/h6-13,15,24H,4-5,14H2,1-3H3. The molecule has 0 bridgehead atoms. The van der Waals surface area contributed by atoms with Crippen LogP contribution in [0.25, 0.3) is 0 Å². The quantitative estimate of drug-likeness (QED) is 0.822. The van der Waals surface area contributed by atoms with Gasteiger partial charge in [-0.05, 0) is 48.5 Å². The molecular weight excluding hydrogens is 308 g/mol. The van der Waals surface area contributed by atoms with Gasteiger partial charge >= 0.3 is 0 Å². The Kier molecular flexibility index (Phi) is 6.08. The highest BCUT2D eigenvalue weighted by Crippen LogP contribution is 2.37. The molecule has 0 aliphatic heterocycles. The second kappa shape index (κ2) is 7.86. The fourth-order valence-electron chi connectivity index (χ4n) is 3.19. The van der Waals surface area contributed by atoms with Crippen molar-refractivity contribution >= 4 is 0 Å². The van der Waals surface area contributed by atoms with Crippen molar-refractivity contribution in [1.82, 2.24) is 4.90 Å². The highest BCUT2D eigenvalue weighted by Gasteiger charge is 2.38. The van der Waals surface area contributed by atoms with Gasteiger partial charge in [0.1, 0.15) is 17.2 Å². The van der Waals surface area contributed by atoms with E-state index in [4.69, 9.17) is 0 Å². The third-order valence-electron chi connectivity index (χ3n) is 4.67. The van der Waals surface area contributed by atoms with Crippen LogP contribution in [0.5, 0.6) is 0 Å². The van der Waals surface area contributed by atoms with Gasteiger partial charge in [-0.1, -0.05) is 45.0 Å². The number of nitrogens with zero attached hydrogens (tertiary/aromatic N) is 1. The molecule has 0 aromatic heterocycles. The first-order valence-corrected chi connectivity index (χ1v) is 8.38. The Morgan fingerprint density at radius 3 is 1.79 bits per heavy atom. The first kappa shape index (κ1) is 18.6. The summed E-state index contributed by atoms with van der Waals surface area (Å²) in [6, 6.07) is 11.8. The fourth-order valence-corrected chi connectivity index (χ4v) is 3.19. The van der Waals surface area contributed by atoms with Crippen LogP contribution in [0.1, 0.15) is 31.9 Å². The Hall–Kier alpha value is -1.78. The summed E-state index contributed by atoms with van der Waals surface area (Å²) in [6.45, 7) is 8.34. The van der Waals surface area contributed by atoms with Crippen LogP contribution in [0.2, 0.25) is 0 Å². The normalized spacial score (nSPS) is 13.3. The molecule has 0 saturated heterocycles. The fraction of sp³-hybridized carbons (Fsp3) is 0.400. The van der Waals surface area contributed by atoms with Gasteiger partial charge < -0.3 is 10.0 Å². The van der Waals surface area contributed by atoms with Crippen molar-refractivity contribution in [3.63, 3.8) is 0 Å². The van der Waals surface area contributed by atoms with Crippen LogP contribution in [-0.4, -0.2) is 29.6 Å². The molecule has 0 saturated carbocycles. The number of aliphatic hydroxyl groups is 1. The van der Waals surface area contributed by atoms with Crippen LogP contribution < -0.4 is 0 Å². The molecule has 0 aliphatic carbocycles. The van der Waals surface area contributed by atoms with Crippen LogP contribution in [0, 0.1) is 17.6 Å². The van der Waals surface area contributed by atoms with Crippen molar-refractivity contribution in [2.75, 3.05) is 19.6 Å². The van der Waals surface area contributed by atoms with E-state index < -0.39 is 17.2 Å². The molecule has 0 heterocycles. The Morgan fingerprint density at radius 2 is 1.42 bits per heavy atom. The average molecular weight is 333 g/mol. The Morgan fingerprint density at radius 1 is 0.958 bits per heavy atom. The summed E-state index contributed by atoms with van der Waals surface area (Å²) < 4.78 is 27.5. The third-order valence-corrected chi connectivity index (χ3v) is 4.67. The summed E-state index contributed by atoms with van der Waals surface area (Å²) in [7, 11) is 0. The van der Waals surface area contributed by atoms with Crippen LogP contribution >= 0.6 is 0 Å². The number of benzene rings is 2. The largest absolute Gasteiger partial charge is 0.380 e. The number of hydrogen-bond acceptors (Lipinski definition) is 2. The lowest BCUT2D eigenvalue weighted by Crippen LogP contribution is -2.42. The Balaban J connectivity index is 2.52. The molecule has 2 aromatic carbocycles. The SMILES string of the molecule is CCN(CC)CC(C)C(O)(c1cccc(F)c1)c1cccc(F)c1. The van der Waals surface area contributed by atoms with Crippen molar-refractivity contribution in [3.05, 3.63) is 71.3 Å². The summed E-state index contributed by atoms with van der Waals surface area (Å²) in [4.78, 5) is 2.19. The molecule has 0 fully saturated rings. The maximum atomic E-state index is 13.8. The molecule has 0 radical (unpaired) electrons. The third kappa shape index (κ3) is 3.82. The smallest absolute Gasteiger partial charge is 0.123 e. The Labute approximate surface area is 142 Å². The minimum Gasteiger partial charge on any atom is -0.380 e. The predicted molar refractivity (Wildman–Crippen MR) is 92.8 cm³/mol. The minimum absolute atomic E-state index is 0.249. The van der Waals surface area contributed by atoms with E-state index in [1.54, 1.807) is 24.3 Å². The molecule has 2 rings (SSSR count). The lowest BCUT2D eigenvalue weighted by Gasteiger charge is -2.38. The van der Waals surface area contributed by atoms with Crippen molar-refractivity contribution in [2.24, 2.45) is 5.92 Å². The van der Waals surface area contributed by atoms with E-state index in [1.807, 2.05) is 6.92 Å². The zero-order chi connectivity index (χ0) is 17.7. The summed E-state index contributed by atoms with van der Waals surface area (Å²) >= 11 is 0. The molecule has 4 heteroatoms. The maximum Gasteiger partial charge on any atom is 0.123 e. The topological polar surface area (TPSA) is 23.5 Å². The van der Waals surface area contributed by atoms with Gasteiger partial charge in [-0.25, -0.2) is 8.78 Å². The van der Waals surface area contributed by atoms with Gasteiger partial charge in [-0.15, -0.1) is 0 Å². The number of halogens is 2. The molecule has 130 valence electrons. The lowest BCUT2D eigenvalue weighted by atomic mass is 9.76. The molecule has 2 nitrogen and oxygen atoms in total. The Bertz CT molecular complexity index is 625. The molecule has 1 unspecified atom stereocenters. The van der Waals surface area contributed by atoms with Gasteiger partial charge in [0.15, 0.2) is 0 Å². The molecule has 0 aliphatic rings. The summed E-state index contributed by atoms with van der Waals surface area (Å²) in [5.41, 5.74) is -0.590. The van der Waals surface area contributed by atoms with Gasteiger partial charge in [0.25, 0.3) is 0 Å². The van der Waals surface area contributed by atoms with E-state index >= 15 is 0 Å².